The summed E-state index contributed by atoms with van der Waals surface area (Å²) in [6.45, 7) is 14.6. The Morgan fingerprint density at radius 2 is 1.92 bits per heavy atom. The second kappa shape index (κ2) is 15.5. The van der Waals surface area contributed by atoms with E-state index in [-0.39, 0.29) is 29.9 Å². The molecular weight excluding hydrogens is 441 g/mol. The van der Waals surface area contributed by atoms with Gasteiger partial charge in [-0.3, -0.25) is 9.79 Å². The number of piperidine rings is 1. The zero-order chi connectivity index (χ0) is 18.5. The maximum Gasteiger partial charge on any atom is 0.224 e. The summed E-state index contributed by atoms with van der Waals surface area (Å²) in [5.41, 5.74) is 0. The molecule has 0 bridgehead atoms. The maximum absolute atomic E-state index is 12.0. The number of guanidine groups is 1. The van der Waals surface area contributed by atoms with E-state index in [0.29, 0.717) is 13.0 Å². The van der Waals surface area contributed by atoms with Gasteiger partial charge in [-0.15, -0.1) is 24.0 Å². The molecule has 6 nitrogen and oxygen atoms in total. The molecular formula is C19H40IN5O. The van der Waals surface area contributed by atoms with Crippen LogP contribution in [0.15, 0.2) is 4.99 Å². The number of rotatable bonds is 10. The van der Waals surface area contributed by atoms with E-state index in [0.717, 1.165) is 51.1 Å². The standard InChI is InChI=1S/C19H39N5O.HI/c1-5-20-19(22-14-12-18(25)23(6-2)7-3)21-13-10-16-24-15-9-8-11-17(24)4;/h17H,5-16H2,1-4H3,(H2,20,21,22);1H. The zero-order valence-corrected chi connectivity index (χ0v) is 19.6. The van der Waals surface area contributed by atoms with Crippen LogP contribution in [0.4, 0.5) is 0 Å². The molecule has 154 valence electrons. The first-order valence-electron chi connectivity index (χ1n) is 10.2. The molecule has 0 aromatic rings. The highest BCUT2D eigenvalue weighted by molar-refractivity contribution is 14.0. The van der Waals surface area contributed by atoms with E-state index in [2.05, 4.69) is 34.4 Å². The Hall–Kier alpha value is -0.570. The number of amides is 1. The normalized spacial score (nSPS) is 18.2. The minimum absolute atomic E-state index is 0. The van der Waals surface area contributed by atoms with E-state index in [1.807, 2.05) is 18.7 Å². The Kier molecular flexibility index (Phi) is 15.1. The molecule has 0 spiro atoms. The van der Waals surface area contributed by atoms with Gasteiger partial charge in [-0.05, 0) is 53.5 Å². The zero-order valence-electron chi connectivity index (χ0n) is 17.2. The summed E-state index contributed by atoms with van der Waals surface area (Å²) in [5.74, 6) is 1.02. The minimum atomic E-state index is 0. The molecule has 1 unspecified atom stereocenters. The quantitative estimate of drug-likeness (QED) is 0.218. The van der Waals surface area contributed by atoms with Gasteiger partial charge in [0.1, 0.15) is 0 Å². The molecule has 0 aliphatic carbocycles. The molecule has 26 heavy (non-hydrogen) atoms. The number of hydrogen-bond acceptors (Lipinski definition) is 3. The first-order valence-corrected chi connectivity index (χ1v) is 10.2. The highest BCUT2D eigenvalue weighted by atomic mass is 127. The minimum Gasteiger partial charge on any atom is -0.357 e. The van der Waals surface area contributed by atoms with Gasteiger partial charge >= 0.3 is 0 Å². The number of carbonyl (C=O) groups excluding carboxylic acids is 1. The lowest BCUT2D eigenvalue weighted by Gasteiger charge is -2.33. The van der Waals surface area contributed by atoms with Crippen LogP contribution in [0.1, 0.15) is 59.8 Å². The summed E-state index contributed by atoms with van der Waals surface area (Å²) >= 11 is 0. The fourth-order valence-corrected chi connectivity index (χ4v) is 3.32. The van der Waals surface area contributed by atoms with Crippen molar-refractivity contribution in [3.05, 3.63) is 0 Å². The van der Waals surface area contributed by atoms with E-state index >= 15 is 0 Å². The van der Waals surface area contributed by atoms with Crippen molar-refractivity contribution in [2.75, 3.05) is 45.8 Å². The molecule has 1 aliphatic heterocycles. The number of halogens is 1. The van der Waals surface area contributed by atoms with E-state index in [1.165, 1.54) is 25.8 Å². The monoisotopic (exact) mass is 481 g/mol. The van der Waals surface area contributed by atoms with Gasteiger partial charge in [-0.1, -0.05) is 6.42 Å². The fourth-order valence-electron chi connectivity index (χ4n) is 3.32. The molecule has 1 atom stereocenters. The molecule has 1 aliphatic rings. The van der Waals surface area contributed by atoms with Gasteiger partial charge in [0.05, 0.1) is 0 Å². The van der Waals surface area contributed by atoms with Crippen LogP contribution in [-0.2, 0) is 4.79 Å². The largest absolute Gasteiger partial charge is 0.357 e. The predicted octanol–water partition coefficient (Wildman–Crippen LogP) is 2.68. The average molecular weight is 481 g/mol. The van der Waals surface area contributed by atoms with Crippen molar-refractivity contribution in [3.8, 4) is 0 Å². The van der Waals surface area contributed by atoms with E-state index < -0.39 is 0 Å². The van der Waals surface area contributed by atoms with Gasteiger partial charge in [0.15, 0.2) is 5.96 Å². The third-order valence-corrected chi connectivity index (χ3v) is 4.91. The summed E-state index contributed by atoms with van der Waals surface area (Å²) in [7, 11) is 0. The van der Waals surface area contributed by atoms with Crippen molar-refractivity contribution in [1.29, 1.82) is 0 Å². The first kappa shape index (κ1) is 25.4. The number of nitrogens with zero attached hydrogens (tertiary/aromatic N) is 3. The van der Waals surface area contributed by atoms with Crippen molar-refractivity contribution >= 4 is 35.8 Å². The predicted molar refractivity (Wildman–Crippen MR) is 121 cm³/mol. The average Bonchev–Trinajstić information content (AvgIpc) is 2.61. The van der Waals surface area contributed by atoms with Crippen LogP contribution in [0.2, 0.25) is 0 Å². The molecule has 1 amide bonds. The SMILES string of the molecule is CCNC(=NCCCN1CCCCC1C)NCCC(=O)N(CC)CC.I. The smallest absolute Gasteiger partial charge is 0.224 e. The summed E-state index contributed by atoms with van der Waals surface area (Å²) in [6, 6.07) is 0.718. The van der Waals surface area contributed by atoms with Gasteiger partial charge in [-0.2, -0.15) is 0 Å². The Morgan fingerprint density at radius 3 is 2.54 bits per heavy atom. The van der Waals surface area contributed by atoms with Crippen LogP contribution in [0, 0.1) is 0 Å². The van der Waals surface area contributed by atoms with Crippen LogP contribution in [0.25, 0.3) is 0 Å². The molecule has 0 aromatic heterocycles. The van der Waals surface area contributed by atoms with E-state index in [9.17, 15) is 4.79 Å². The Bertz CT molecular complexity index is 401. The van der Waals surface area contributed by atoms with Crippen molar-refractivity contribution in [2.45, 2.75) is 65.8 Å². The van der Waals surface area contributed by atoms with Crippen molar-refractivity contribution < 1.29 is 4.79 Å². The van der Waals surface area contributed by atoms with Crippen molar-refractivity contribution in [1.82, 2.24) is 20.4 Å². The third kappa shape index (κ3) is 9.94. The van der Waals surface area contributed by atoms with Gasteiger partial charge in [0.2, 0.25) is 5.91 Å². The van der Waals surface area contributed by atoms with Crippen LogP contribution >= 0.6 is 24.0 Å². The second-order valence-electron chi connectivity index (χ2n) is 6.74. The molecule has 0 saturated carbocycles. The van der Waals surface area contributed by atoms with E-state index in [4.69, 9.17) is 0 Å². The third-order valence-electron chi connectivity index (χ3n) is 4.91. The molecule has 7 heteroatoms. The molecule has 0 aromatic carbocycles. The second-order valence-corrected chi connectivity index (χ2v) is 6.74. The lowest BCUT2D eigenvalue weighted by Crippen LogP contribution is -2.40. The fraction of sp³-hybridized carbons (Fsp3) is 0.895. The summed E-state index contributed by atoms with van der Waals surface area (Å²) in [6.07, 6.45) is 5.62. The topological polar surface area (TPSA) is 60.0 Å². The van der Waals surface area contributed by atoms with Crippen molar-refractivity contribution in [2.24, 2.45) is 4.99 Å². The van der Waals surface area contributed by atoms with Gasteiger partial charge < -0.3 is 20.4 Å². The highest BCUT2D eigenvalue weighted by Crippen LogP contribution is 2.16. The Labute approximate surface area is 177 Å². The van der Waals surface area contributed by atoms with Crippen LogP contribution in [0.5, 0.6) is 0 Å². The summed E-state index contributed by atoms with van der Waals surface area (Å²) < 4.78 is 0. The molecule has 1 heterocycles. The lowest BCUT2D eigenvalue weighted by atomic mass is 10.0. The van der Waals surface area contributed by atoms with Crippen molar-refractivity contribution in [3.63, 3.8) is 0 Å². The molecule has 1 fully saturated rings. The number of hydrogen-bond donors (Lipinski definition) is 2. The first-order chi connectivity index (χ1) is 12.1. The number of nitrogens with one attached hydrogen (secondary N) is 2. The molecule has 2 N–H and O–H groups in total. The number of aliphatic imine (C=N–C) groups is 1. The molecule has 1 rings (SSSR count). The summed E-state index contributed by atoms with van der Waals surface area (Å²) in [4.78, 5) is 21.1. The number of carbonyl (C=O) groups is 1. The highest BCUT2D eigenvalue weighted by Gasteiger charge is 2.17. The van der Waals surface area contributed by atoms with E-state index in [1.54, 1.807) is 0 Å². The van der Waals surface area contributed by atoms with Gasteiger partial charge in [0, 0.05) is 51.7 Å². The summed E-state index contributed by atoms with van der Waals surface area (Å²) in [5, 5.41) is 6.54. The van der Waals surface area contributed by atoms with Crippen LogP contribution < -0.4 is 10.6 Å². The Balaban J connectivity index is 0.00000625. The number of likely N-dealkylation sites (tertiary alicyclic amines) is 1. The molecule has 1 saturated heterocycles. The lowest BCUT2D eigenvalue weighted by molar-refractivity contribution is -0.130. The van der Waals surface area contributed by atoms with Crippen LogP contribution in [-0.4, -0.2) is 73.5 Å². The van der Waals surface area contributed by atoms with Gasteiger partial charge in [0.25, 0.3) is 0 Å². The van der Waals surface area contributed by atoms with Gasteiger partial charge in [-0.25, -0.2) is 0 Å². The maximum atomic E-state index is 12.0. The molecule has 0 radical (unpaired) electrons. The van der Waals surface area contributed by atoms with Crippen LogP contribution in [0.3, 0.4) is 0 Å². The Morgan fingerprint density at radius 1 is 1.19 bits per heavy atom.